The summed E-state index contributed by atoms with van der Waals surface area (Å²) in [4.78, 5) is 12.2. The molecular weight excluding hydrogens is 242 g/mol. The quantitative estimate of drug-likeness (QED) is 0.550. The van der Waals surface area contributed by atoms with Gasteiger partial charge in [0.2, 0.25) is 0 Å². The van der Waals surface area contributed by atoms with Gasteiger partial charge < -0.3 is 15.2 Å². The molecule has 1 rings (SSSR count). The van der Waals surface area contributed by atoms with Gasteiger partial charge in [-0.05, 0) is 18.6 Å². The highest BCUT2D eigenvalue weighted by molar-refractivity contribution is 5.98. The molecular formula is C15H23NO3. The van der Waals surface area contributed by atoms with Gasteiger partial charge in [0.05, 0.1) is 12.2 Å². The maximum absolute atomic E-state index is 12.2. The van der Waals surface area contributed by atoms with E-state index in [1.165, 1.54) is 0 Å². The second-order valence-corrected chi connectivity index (χ2v) is 4.51. The van der Waals surface area contributed by atoms with Crippen LogP contribution in [0.15, 0.2) is 24.3 Å². The van der Waals surface area contributed by atoms with E-state index in [1.54, 1.807) is 19.2 Å². The summed E-state index contributed by atoms with van der Waals surface area (Å²) in [6.45, 7) is 2.99. The molecule has 0 aliphatic carbocycles. The first-order valence-electron chi connectivity index (χ1n) is 6.68. The predicted octanol–water partition coefficient (Wildman–Crippen LogP) is 2.41. The van der Waals surface area contributed by atoms with E-state index in [1.807, 2.05) is 12.1 Å². The molecule has 0 amide bonds. The van der Waals surface area contributed by atoms with E-state index in [9.17, 15) is 4.79 Å². The maximum Gasteiger partial charge on any atom is 0.168 e. The Kier molecular flexibility index (Phi) is 7.15. The van der Waals surface area contributed by atoms with Crippen molar-refractivity contribution >= 4 is 5.78 Å². The van der Waals surface area contributed by atoms with Crippen molar-refractivity contribution in [1.29, 1.82) is 0 Å². The van der Waals surface area contributed by atoms with Gasteiger partial charge in [0.15, 0.2) is 5.78 Å². The molecule has 0 aliphatic heterocycles. The van der Waals surface area contributed by atoms with Crippen molar-refractivity contribution < 1.29 is 14.3 Å². The normalized spacial score (nSPS) is 12.2. The lowest BCUT2D eigenvalue weighted by Gasteiger charge is -2.13. The molecule has 0 saturated heterocycles. The molecule has 0 fully saturated rings. The monoisotopic (exact) mass is 265 g/mol. The van der Waals surface area contributed by atoms with Crippen LogP contribution in [0.2, 0.25) is 0 Å². The molecule has 0 radical (unpaired) electrons. The summed E-state index contributed by atoms with van der Waals surface area (Å²) < 4.78 is 10.5. The highest BCUT2D eigenvalue weighted by Gasteiger charge is 2.15. The summed E-state index contributed by atoms with van der Waals surface area (Å²) in [5, 5.41) is 0. The number of Topliss-reactive ketones (excluding diaryl/α,β-unsaturated/α-hetero) is 1. The molecule has 1 unspecified atom stereocenters. The van der Waals surface area contributed by atoms with Gasteiger partial charge in [-0.3, -0.25) is 4.79 Å². The molecule has 0 bridgehead atoms. The van der Waals surface area contributed by atoms with Crippen molar-refractivity contribution in [3.8, 4) is 5.75 Å². The van der Waals surface area contributed by atoms with Gasteiger partial charge in [0.25, 0.3) is 0 Å². The van der Waals surface area contributed by atoms with Crippen molar-refractivity contribution in [2.45, 2.75) is 32.2 Å². The number of para-hydroxylation sites is 1. The molecule has 2 N–H and O–H groups in total. The number of ketones is 1. The van der Waals surface area contributed by atoms with Crippen LogP contribution in [0.5, 0.6) is 5.75 Å². The molecule has 4 nitrogen and oxygen atoms in total. The average molecular weight is 265 g/mol. The molecule has 4 heteroatoms. The van der Waals surface area contributed by atoms with Gasteiger partial charge in [0.1, 0.15) is 12.4 Å². The number of benzene rings is 1. The summed E-state index contributed by atoms with van der Waals surface area (Å²) in [6, 6.07) is 7.19. The second kappa shape index (κ2) is 8.67. The van der Waals surface area contributed by atoms with E-state index in [0.717, 1.165) is 12.8 Å². The highest BCUT2D eigenvalue weighted by Crippen LogP contribution is 2.20. The van der Waals surface area contributed by atoms with Crippen molar-refractivity contribution in [2.24, 2.45) is 5.73 Å². The van der Waals surface area contributed by atoms with Gasteiger partial charge in [0, 0.05) is 19.6 Å². The predicted molar refractivity (Wildman–Crippen MR) is 75.6 cm³/mol. The minimum Gasteiger partial charge on any atom is -0.490 e. The Morgan fingerprint density at radius 2 is 2.05 bits per heavy atom. The third-order valence-corrected chi connectivity index (χ3v) is 2.84. The number of hydrogen-bond donors (Lipinski definition) is 1. The van der Waals surface area contributed by atoms with E-state index >= 15 is 0 Å². The topological polar surface area (TPSA) is 61.6 Å². The smallest absolute Gasteiger partial charge is 0.168 e. The summed E-state index contributed by atoms with van der Waals surface area (Å²) in [6.07, 6.45) is 2.21. The van der Waals surface area contributed by atoms with Crippen LogP contribution in [0.1, 0.15) is 36.5 Å². The first-order valence-corrected chi connectivity index (χ1v) is 6.68. The summed E-state index contributed by atoms with van der Waals surface area (Å²) >= 11 is 0. The molecule has 106 valence electrons. The molecule has 1 aromatic rings. The van der Waals surface area contributed by atoms with Crippen LogP contribution in [0.3, 0.4) is 0 Å². The van der Waals surface area contributed by atoms with Crippen LogP contribution in [-0.2, 0) is 4.74 Å². The summed E-state index contributed by atoms with van der Waals surface area (Å²) in [5.74, 6) is 0.641. The van der Waals surface area contributed by atoms with Gasteiger partial charge in [-0.1, -0.05) is 25.5 Å². The van der Waals surface area contributed by atoms with Crippen molar-refractivity contribution in [3.63, 3.8) is 0 Å². The van der Waals surface area contributed by atoms with Gasteiger partial charge >= 0.3 is 0 Å². The SMILES string of the molecule is CCCC(N)CC(=O)c1ccccc1OCCOC. The number of rotatable bonds is 9. The average Bonchev–Trinajstić information content (AvgIpc) is 2.39. The lowest BCUT2D eigenvalue weighted by atomic mass is 10.0. The van der Waals surface area contributed by atoms with Crippen LogP contribution in [0.25, 0.3) is 0 Å². The van der Waals surface area contributed by atoms with Gasteiger partial charge in [-0.2, -0.15) is 0 Å². The standard InChI is InChI=1S/C15H23NO3/c1-3-6-12(16)11-14(17)13-7-4-5-8-15(13)19-10-9-18-2/h4-5,7-8,12H,3,6,9-11,16H2,1-2H3. The van der Waals surface area contributed by atoms with E-state index in [0.29, 0.717) is 30.9 Å². The molecule has 0 saturated carbocycles. The van der Waals surface area contributed by atoms with E-state index < -0.39 is 0 Å². The van der Waals surface area contributed by atoms with Crippen LogP contribution in [0, 0.1) is 0 Å². The number of carbonyl (C=O) groups is 1. The molecule has 19 heavy (non-hydrogen) atoms. The van der Waals surface area contributed by atoms with Crippen LogP contribution < -0.4 is 10.5 Å². The molecule has 1 atom stereocenters. The summed E-state index contributed by atoms with van der Waals surface area (Å²) in [7, 11) is 1.62. The molecule has 0 aromatic heterocycles. The number of nitrogens with two attached hydrogens (primary N) is 1. The zero-order valence-electron chi connectivity index (χ0n) is 11.7. The van der Waals surface area contributed by atoms with Crippen LogP contribution in [-0.4, -0.2) is 32.1 Å². The minimum atomic E-state index is -0.0791. The highest BCUT2D eigenvalue weighted by atomic mass is 16.5. The Labute approximate surface area is 114 Å². The van der Waals surface area contributed by atoms with Crippen molar-refractivity contribution in [1.82, 2.24) is 0 Å². The first-order chi connectivity index (χ1) is 9.19. The van der Waals surface area contributed by atoms with Gasteiger partial charge in [-0.15, -0.1) is 0 Å². The van der Waals surface area contributed by atoms with Gasteiger partial charge in [-0.25, -0.2) is 0 Å². The molecule has 0 heterocycles. The van der Waals surface area contributed by atoms with E-state index in [4.69, 9.17) is 15.2 Å². The molecule has 1 aromatic carbocycles. The Balaban J connectivity index is 2.67. The summed E-state index contributed by atoms with van der Waals surface area (Å²) in [5.41, 5.74) is 6.51. The third kappa shape index (κ3) is 5.41. The second-order valence-electron chi connectivity index (χ2n) is 4.51. The molecule has 0 spiro atoms. The van der Waals surface area contributed by atoms with E-state index in [-0.39, 0.29) is 11.8 Å². The largest absolute Gasteiger partial charge is 0.490 e. The van der Waals surface area contributed by atoms with Crippen molar-refractivity contribution in [3.05, 3.63) is 29.8 Å². The fraction of sp³-hybridized carbons (Fsp3) is 0.533. The maximum atomic E-state index is 12.2. The third-order valence-electron chi connectivity index (χ3n) is 2.84. The lowest BCUT2D eigenvalue weighted by Crippen LogP contribution is -2.23. The van der Waals surface area contributed by atoms with E-state index in [2.05, 4.69) is 6.92 Å². The number of carbonyl (C=O) groups excluding carboxylic acids is 1. The number of methoxy groups -OCH3 is 1. The fourth-order valence-electron chi connectivity index (χ4n) is 1.88. The number of hydrogen-bond acceptors (Lipinski definition) is 4. The Morgan fingerprint density at radius 1 is 1.32 bits per heavy atom. The van der Waals surface area contributed by atoms with Crippen LogP contribution in [0.4, 0.5) is 0 Å². The first kappa shape index (κ1) is 15.7. The zero-order chi connectivity index (χ0) is 14.1. The minimum absolute atomic E-state index is 0.0361. The lowest BCUT2D eigenvalue weighted by molar-refractivity contribution is 0.0965. The molecule has 0 aliphatic rings. The van der Waals surface area contributed by atoms with Crippen molar-refractivity contribution in [2.75, 3.05) is 20.3 Å². The Morgan fingerprint density at radius 3 is 2.74 bits per heavy atom. The number of ether oxygens (including phenoxy) is 2. The Hall–Kier alpha value is -1.39. The fourth-order valence-corrected chi connectivity index (χ4v) is 1.88. The Bertz CT molecular complexity index is 393. The van der Waals surface area contributed by atoms with Crippen LogP contribution >= 0.6 is 0 Å². The zero-order valence-corrected chi connectivity index (χ0v) is 11.7.